The summed E-state index contributed by atoms with van der Waals surface area (Å²) < 4.78 is 52.9. The van der Waals surface area contributed by atoms with Gasteiger partial charge in [0.25, 0.3) is 8.32 Å². The van der Waals surface area contributed by atoms with Crippen LogP contribution >= 0.6 is 22.6 Å². The Morgan fingerprint density at radius 1 is 0.409 bits per heavy atom. The highest BCUT2D eigenvalue weighted by molar-refractivity contribution is 14.1. The first-order valence-corrected chi connectivity index (χ1v) is 32.0. The van der Waals surface area contributed by atoms with E-state index in [1.54, 1.807) is 82.0 Å². The van der Waals surface area contributed by atoms with Gasteiger partial charge >= 0.3 is 11.9 Å². The maximum atomic E-state index is 14.1. The number of phenols is 1. The molecule has 0 aliphatic carbocycles. The van der Waals surface area contributed by atoms with E-state index in [1.165, 1.54) is 0 Å². The average Bonchev–Trinajstić information content (AvgIpc) is 3.33. The first-order valence-electron chi connectivity index (χ1n) is 29.0. The van der Waals surface area contributed by atoms with E-state index >= 15 is 0 Å². The van der Waals surface area contributed by atoms with Crippen LogP contribution in [-0.2, 0) is 43.5 Å². The summed E-state index contributed by atoms with van der Waals surface area (Å²) in [5.41, 5.74) is 7.51. The molecule has 0 aliphatic rings. The van der Waals surface area contributed by atoms with Gasteiger partial charge in [-0.25, -0.2) is 9.59 Å². The first kappa shape index (κ1) is 61.9. The van der Waals surface area contributed by atoms with Crippen molar-refractivity contribution < 1.29 is 52.3 Å². The van der Waals surface area contributed by atoms with Crippen molar-refractivity contribution in [3.05, 3.63) is 295 Å². The topological polar surface area (TPSA) is 128 Å². The van der Waals surface area contributed by atoms with E-state index in [9.17, 15) is 14.7 Å². The molecule has 13 heteroatoms. The second kappa shape index (κ2) is 28.6. The molecule has 0 atom stereocenters. The van der Waals surface area contributed by atoms with E-state index in [0.717, 1.165) is 32.6 Å². The number of phenolic OH excluding ortho intramolecular Hbond substituents is 1. The van der Waals surface area contributed by atoms with Gasteiger partial charge in [0.05, 0.1) is 42.6 Å². The van der Waals surface area contributed by atoms with Crippen LogP contribution in [0.5, 0.6) is 46.0 Å². The number of methoxy groups -OCH3 is 3. The van der Waals surface area contributed by atoms with Crippen LogP contribution in [0.2, 0.25) is 5.04 Å². The normalized spacial score (nSPS) is 11.4. The van der Waals surface area contributed by atoms with Crippen molar-refractivity contribution >= 4 is 53.2 Å². The molecule has 0 radical (unpaired) electrons. The van der Waals surface area contributed by atoms with Crippen molar-refractivity contribution in [3.63, 3.8) is 0 Å². The molecule has 10 aromatic rings. The molecule has 0 fully saturated rings. The zero-order chi connectivity index (χ0) is 61.6. The Kier molecular flexibility index (Phi) is 20.1. The van der Waals surface area contributed by atoms with Crippen LogP contribution in [-0.4, -0.2) is 46.7 Å². The maximum Gasteiger partial charge on any atom is 0.343 e. The summed E-state index contributed by atoms with van der Waals surface area (Å²) in [6.45, 7) is 7.53. The van der Waals surface area contributed by atoms with Crippen LogP contribution in [0.1, 0.15) is 91.6 Å². The van der Waals surface area contributed by atoms with Crippen molar-refractivity contribution in [1.29, 1.82) is 0 Å². The summed E-state index contributed by atoms with van der Waals surface area (Å²) in [6.07, 6.45) is 0.578. The summed E-state index contributed by atoms with van der Waals surface area (Å²) in [5, 5.41) is 13.7. The van der Waals surface area contributed by atoms with Crippen LogP contribution in [0.3, 0.4) is 0 Å². The van der Waals surface area contributed by atoms with Crippen molar-refractivity contribution in [2.45, 2.75) is 64.9 Å². The Morgan fingerprint density at radius 2 is 0.727 bits per heavy atom. The third-order valence-electron chi connectivity index (χ3n) is 15.3. The van der Waals surface area contributed by atoms with Crippen molar-refractivity contribution in [2.24, 2.45) is 0 Å². The molecule has 0 bridgehead atoms. The van der Waals surface area contributed by atoms with E-state index in [-0.39, 0.29) is 54.8 Å². The smallest absolute Gasteiger partial charge is 0.343 e. The number of ether oxygens (including phenoxy) is 7. The fraction of sp³-hybridized carbons (Fsp3) is 0.173. The molecule has 11 nitrogen and oxygen atoms in total. The molecule has 0 amide bonds. The van der Waals surface area contributed by atoms with Gasteiger partial charge in [0.15, 0.2) is 0 Å². The molecule has 0 saturated heterocycles. The van der Waals surface area contributed by atoms with Gasteiger partial charge in [0, 0.05) is 58.2 Å². The number of esters is 2. The number of halogens is 1. The average molecular weight is 1300 g/mol. The van der Waals surface area contributed by atoms with Crippen LogP contribution in [0, 0.1) is 3.57 Å². The Labute approximate surface area is 529 Å². The summed E-state index contributed by atoms with van der Waals surface area (Å²) >= 11 is 2.04. The van der Waals surface area contributed by atoms with Crippen LogP contribution < -0.4 is 43.5 Å². The van der Waals surface area contributed by atoms with Gasteiger partial charge in [-0.2, -0.15) is 0 Å². The Balaban J connectivity index is 1.09. The number of rotatable bonds is 24. The highest BCUT2D eigenvalue weighted by Crippen LogP contribution is 2.43. The third-order valence-corrected chi connectivity index (χ3v) is 21.1. The van der Waals surface area contributed by atoms with Gasteiger partial charge in [-0.3, -0.25) is 0 Å². The molecule has 10 aromatic carbocycles. The SMILES string of the molecule is COc1c(CO[Si](c2ccccc2)(c2ccccc2)C(C)(C)C)cc(OCc2ccccc2)cc1Cc1cc(OC(=O)c2ccccc2)cc(Cc2cc(OCc3ccccc3)cc(Cc3cc(OC(=O)c4ccccc4)cc(I)c3O)c2OC)c1OC. The first-order chi connectivity index (χ1) is 42.7. The molecule has 0 saturated carbocycles. The van der Waals surface area contributed by atoms with Crippen LogP contribution in [0.15, 0.2) is 231 Å². The standard InChI is InChI=1S/C75H69IO11Si/c1-75(2,3)88(66-33-21-11-22-34-66,67-35-23-12-24-36-67)85-50-61-46-63(84-49-52-27-15-8-16-28-52)43-58(72(61)82-6)39-60-45-64(86-73(78)53-29-17-9-18-30-53)44-59(71(60)81-5)38-57-42-62(83-48-51-25-13-7-14-26-51)41-56(70(57)80-4)37-55-40-65(47-68(76)69(55)77)87-74(79)54-31-19-10-20-32-54/h7-36,40-47,77H,37-39,48-50H2,1-6H3. The van der Waals surface area contributed by atoms with Crippen LogP contribution in [0.25, 0.3) is 0 Å². The quantitative estimate of drug-likeness (QED) is 0.0269. The Bertz CT molecular complexity index is 3950. The zero-order valence-corrected chi connectivity index (χ0v) is 53.2. The van der Waals surface area contributed by atoms with Crippen molar-refractivity contribution in [1.82, 2.24) is 0 Å². The third kappa shape index (κ3) is 14.6. The number of hydrogen-bond acceptors (Lipinski definition) is 11. The number of carbonyl (C=O) groups is 2. The van der Waals surface area contributed by atoms with E-state index in [0.29, 0.717) is 77.9 Å². The number of carbonyl (C=O) groups excluding carboxylic acids is 2. The number of hydrogen-bond donors (Lipinski definition) is 1. The Morgan fingerprint density at radius 3 is 1.11 bits per heavy atom. The zero-order valence-electron chi connectivity index (χ0n) is 50.1. The molecule has 0 unspecified atom stereocenters. The lowest BCUT2D eigenvalue weighted by Gasteiger charge is -2.43. The van der Waals surface area contributed by atoms with E-state index < -0.39 is 20.3 Å². The number of benzene rings is 10. The molecular weight excluding hydrogens is 1230 g/mol. The minimum Gasteiger partial charge on any atom is -0.507 e. The van der Waals surface area contributed by atoms with Crippen molar-refractivity contribution in [3.8, 4) is 46.0 Å². The van der Waals surface area contributed by atoms with Gasteiger partial charge in [-0.15, -0.1) is 0 Å². The summed E-state index contributed by atoms with van der Waals surface area (Å²) in [5.74, 6) is 2.29. The Hall–Kier alpha value is -9.15. The summed E-state index contributed by atoms with van der Waals surface area (Å²) in [7, 11) is 1.84. The van der Waals surface area contributed by atoms with Crippen LogP contribution in [0.4, 0.5) is 0 Å². The predicted octanol–water partition coefficient (Wildman–Crippen LogP) is 15.5. The van der Waals surface area contributed by atoms with Crippen molar-refractivity contribution in [2.75, 3.05) is 21.3 Å². The fourth-order valence-electron chi connectivity index (χ4n) is 11.3. The summed E-state index contributed by atoms with van der Waals surface area (Å²) in [4.78, 5) is 27.4. The van der Waals surface area contributed by atoms with E-state index in [4.69, 9.17) is 37.6 Å². The number of aromatic hydroxyl groups is 1. The molecule has 0 aliphatic heterocycles. The lowest BCUT2D eigenvalue weighted by atomic mass is 9.93. The molecule has 1 N–H and O–H groups in total. The largest absolute Gasteiger partial charge is 0.507 e. The van der Waals surface area contributed by atoms with Gasteiger partial charge in [0.1, 0.15) is 59.2 Å². The van der Waals surface area contributed by atoms with Gasteiger partial charge in [-0.1, -0.05) is 178 Å². The fourth-order valence-corrected chi connectivity index (χ4v) is 16.5. The summed E-state index contributed by atoms with van der Waals surface area (Å²) in [6, 6.07) is 73.3. The maximum absolute atomic E-state index is 14.1. The molecule has 0 heterocycles. The predicted molar refractivity (Wildman–Crippen MR) is 355 cm³/mol. The van der Waals surface area contributed by atoms with E-state index in [2.05, 4.69) is 69.3 Å². The molecule has 0 spiro atoms. The van der Waals surface area contributed by atoms with E-state index in [1.807, 2.05) is 144 Å². The lowest BCUT2D eigenvalue weighted by molar-refractivity contribution is 0.0725. The highest BCUT2D eigenvalue weighted by Gasteiger charge is 2.50. The highest BCUT2D eigenvalue weighted by atomic mass is 127. The second-order valence-corrected chi connectivity index (χ2v) is 27.7. The van der Waals surface area contributed by atoms with Gasteiger partial charge in [0.2, 0.25) is 0 Å². The molecule has 0 aromatic heterocycles. The monoisotopic (exact) mass is 1300 g/mol. The second-order valence-electron chi connectivity index (χ2n) is 22.3. The molecular formula is C75H69IO11Si. The minimum atomic E-state index is -3.06. The molecule has 10 rings (SSSR count). The van der Waals surface area contributed by atoms with Gasteiger partial charge in [-0.05, 0) is 122 Å². The molecule has 446 valence electrons. The van der Waals surface area contributed by atoms with Gasteiger partial charge < -0.3 is 42.7 Å². The minimum absolute atomic E-state index is 0.0289. The molecule has 88 heavy (non-hydrogen) atoms. The lowest BCUT2D eigenvalue weighted by Crippen LogP contribution is -2.66.